The van der Waals surface area contributed by atoms with Crippen molar-refractivity contribution in [2.75, 3.05) is 0 Å². The van der Waals surface area contributed by atoms with Gasteiger partial charge < -0.3 is 0 Å². The number of nitro groups is 1. The fourth-order valence-electron chi connectivity index (χ4n) is 0.358. The molecule has 1 aliphatic heterocycles. The third-order valence-corrected chi connectivity index (χ3v) is 0.618. The number of nitrogens with zero attached hydrogens (tertiary/aromatic N) is 4. The van der Waals surface area contributed by atoms with Crippen molar-refractivity contribution in [3.05, 3.63) is 10.1 Å². The standard InChI is InChI=1S/C3H2N4O2/c8-7(9)6-3-4-1-2-5-3/h1-2H. The van der Waals surface area contributed by atoms with Crippen LogP contribution >= 0.6 is 0 Å². The zero-order valence-corrected chi connectivity index (χ0v) is 4.26. The van der Waals surface area contributed by atoms with Crippen LogP contribution in [0.5, 0.6) is 0 Å². The van der Waals surface area contributed by atoms with Gasteiger partial charge in [0.1, 0.15) is 5.10 Å². The summed E-state index contributed by atoms with van der Waals surface area (Å²) in [6, 6.07) is 0. The van der Waals surface area contributed by atoms with Crippen LogP contribution in [0.15, 0.2) is 15.1 Å². The average molecular weight is 126 g/mol. The molecule has 0 saturated carbocycles. The number of rotatable bonds is 1. The lowest BCUT2D eigenvalue weighted by Crippen LogP contribution is -1.91. The summed E-state index contributed by atoms with van der Waals surface area (Å²) >= 11 is 0. The van der Waals surface area contributed by atoms with E-state index in [9.17, 15) is 10.1 Å². The van der Waals surface area contributed by atoms with Gasteiger partial charge in [-0.2, -0.15) is 0 Å². The van der Waals surface area contributed by atoms with Crippen LogP contribution in [0, 0.1) is 10.1 Å². The van der Waals surface area contributed by atoms with Crippen molar-refractivity contribution < 1.29 is 5.03 Å². The molecule has 0 aromatic carbocycles. The smallest absolute Gasteiger partial charge is 0.233 e. The van der Waals surface area contributed by atoms with Crippen LogP contribution < -0.4 is 0 Å². The number of guanidine groups is 1. The molecular formula is C3H2N4O2. The van der Waals surface area contributed by atoms with E-state index in [-0.39, 0.29) is 5.96 Å². The van der Waals surface area contributed by atoms with Crippen molar-refractivity contribution >= 4 is 18.4 Å². The van der Waals surface area contributed by atoms with Gasteiger partial charge in [0.05, 0.1) is 0 Å². The molecule has 0 amide bonds. The number of hydrogen-bond acceptors (Lipinski definition) is 2. The summed E-state index contributed by atoms with van der Waals surface area (Å²) in [6.07, 6.45) is 2.67. The van der Waals surface area contributed by atoms with Crippen LogP contribution in [0.1, 0.15) is 0 Å². The second kappa shape index (κ2) is 2.12. The first-order valence-corrected chi connectivity index (χ1v) is 2.09. The third-order valence-electron chi connectivity index (χ3n) is 0.618. The normalized spacial score (nSPS) is 14.4. The monoisotopic (exact) mass is 126 g/mol. The van der Waals surface area contributed by atoms with Crippen LogP contribution in [0.4, 0.5) is 0 Å². The largest absolute Gasteiger partial charge is 0.321 e. The quantitative estimate of drug-likeness (QED) is 0.356. The van der Waals surface area contributed by atoms with Crippen LogP contribution in [-0.2, 0) is 0 Å². The van der Waals surface area contributed by atoms with Crippen LogP contribution in [0.2, 0.25) is 0 Å². The highest BCUT2D eigenvalue weighted by atomic mass is 16.7. The third kappa shape index (κ3) is 1.41. The van der Waals surface area contributed by atoms with Gasteiger partial charge in [-0.25, -0.2) is 20.1 Å². The van der Waals surface area contributed by atoms with E-state index < -0.39 is 5.03 Å². The second-order valence-corrected chi connectivity index (χ2v) is 1.19. The first-order chi connectivity index (χ1) is 4.29. The Bertz CT molecular complexity index is 202. The highest BCUT2D eigenvalue weighted by molar-refractivity contribution is 6.26. The Balaban J connectivity index is 2.73. The molecule has 6 heteroatoms. The molecule has 0 radical (unpaired) electrons. The van der Waals surface area contributed by atoms with Gasteiger partial charge in [0.2, 0.25) is 0 Å². The highest BCUT2D eigenvalue weighted by Gasteiger charge is 2.00. The second-order valence-electron chi connectivity index (χ2n) is 1.19. The van der Waals surface area contributed by atoms with Gasteiger partial charge >= 0.3 is 5.96 Å². The Labute approximate surface area is 49.8 Å². The van der Waals surface area contributed by atoms with E-state index in [2.05, 4.69) is 15.1 Å². The van der Waals surface area contributed by atoms with Gasteiger partial charge in [-0.1, -0.05) is 0 Å². The van der Waals surface area contributed by atoms with Crippen LogP contribution in [0.3, 0.4) is 0 Å². The average Bonchev–Trinajstić information content (AvgIpc) is 2.15. The van der Waals surface area contributed by atoms with E-state index in [4.69, 9.17) is 0 Å². The molecule has 0 spiro atoms. The van der Waals surface area contributed by atoms with E-state index in [1.807, 2.05) is 0 Å². The first kappa shape index (κ1) is 5.54. The maximum absolute atomic E-state index is 9.63. The predicted molar refractivity (Wildman–Crippen MR) is 31.4 cm³/mol. The molecule has 0 atom stereocenters. The van der Waals surface area contributed by atoms with Gasteiger partial charge in [0, 0.05) is 12.4 Å². The molecule has 0 aliphatic carbocycles. The Morgan fingerprint density at radius 2 is 2.11 bits per heavy atom. The van der Waals surface area contributed by atoms with E-state index >= 15 is 0 Å². The van der Waals surface area contributed by atoms with Crippen molar-refractivity contribution in [3.63, 3.8) is 0 Å². The van der Waals surface area contributed by atoms with Crippen molar-refractivity contribution in [1.82, 2.24) is 0 Å². The molecule has 0 aromatic heterocycles. The van der Waals surface area contributed by atoms with Gasteiger partial charge in [-0.05, 0) is 0 Å². The lowest BCUT2D eigenvalue weighted by Gasteiger charge is -1.75. The summed E-state index contributed by atoms with van der Waals surface area (Å²) in [4.78, 5) is 16.5. The number of hydrazone groups is 1. The van der Waals surface area contributed by atoms with Crippen LogP contribution in [0.25, 0.3) is 0 Å². The molecule has 1 aliphatic rings. The number of aliphatic imine (C=N–C) groups is 2. The molecule has 1 rings (SSSR count). The fraction of sp³-hybridized carbons (Fsp3) is 0. The lowest BCUT2D eigenvalue weighted by atomic mass is 10.9. The molecule has 0 N–H and O–H groups in total. The molecule has 0 bridgehead atoms. The Kier molecular flexibility index (Phi) is 1.31. The van der Waals surface area contributed by atoms with E-state index in [0.29, 0.717) is 0 Å². The molecule has 46 valence electrons. The minimum Gasteiger partial charge on any atom is -0.233 e. The zero-order valence-electron chi connectivity index (χ0n) is 4.26. The Morgan fingerprint density at radius 3 is 2.56 bits per heavy atom. The Hall–Kier alpha value is -1.59. The van der Waals surface area contributed by atoms with Crippen LogP contribution in [-0.4, -0.2) is 23.4 Å². The fourth-order valence-corrected chi connectivity index (χ4v) is 0.358. The summed E-state index contributed by atoms with van der Waals surface area (Å²) in [6.45, 7) is 0. The molecule has 0 unspecified atom stereocenters. The summed E-state index contributed by atoms with van der Waals surface area (Å²) in [5, 5.41) is 11.6. The van der Waals surface area contributed by atoms with Gasteiger partial charge in [0.25, 0.3) is 0 Å². The summed E-state index contributed by atoms with van der Waals surface area (Å²) in [7, 11) is 0. The molecule has 9 heavy (non-hydrogen) atoms. The summed E-state index contributed by atoms with van der Waals surface area (Å²) < 4.78 is 0. The maximum Gasteiger partial charge on any atom is 0.321 e. The zero-order chi connectivity index (χ0) is 6.69. The molecule has 0 saturated heterocycles. The maximum atomic E-state index is 9.63. The molecular weight excluding hydrogens is 124 g/mol. The van der Waals surface area contributed by atoms with Crippen molar-refractivity contribution in [2.45, 2.75) is 0 Å². The van der Waals surface area contributed by atoms with E-state index in [1.54, 1.807) is 0 Å². The van der Waals surface area contributed by atoms with E-state index in [0.717, 1.165) is 0 Å². The number of hydrogen-bond donors (Lipinski definition) is 0. The topological polar surface area (TPSA) is 80.2 Å². The highest BCUT2D eigenvalue weighted by Crippen LogP contribution is 1.87. The van der Waals surface area contributed by atoms with Gasteiger partial charge in [0.15, 0.2) is 5.03 Å². The van der Waals surface area contributed by atoms with Gasteiger partial charge in [-0.15, -0.1) is 0 Å². The minimum absolute atomic E-state index is 0.111. The van der Waals surface area contributed by atoms with Gasteiger partial charge in [-0.3, -0.25) is 0 Å². The molecule has 0 aromatic rings. The Morgan fingerprint density at radius 1 is 1.56 bits per heavy atom. The van der Waals surface area contributed by atoms with E-state index in [1.165, 1.54) is 12.4 Å². The molecule has 0 fully saturated rings. The first-order valence-electron chi connectivity index (χ1n) is 2.09. The van der Waals surface area contributed by atoms with Crippen molar-refractivity contribution in [2.24, 2.45) is 15.1 Å². The molecule has 1 heterocycles. The summed E-state index contributed by atoms with van der Waals surface area (Å²) in [5.41, 5.74) is 0. The molecule has 6 nitrogen and oxygen atoms in total. The SMILES string of the molecule is O=[N+]([O-])N=C1N=CC=N1. The van der Waals surface area contributed by atoms with Crippen molar-refractivity contribution in [1.29, 1.82) is 0 Å². The summed E-state index contributed by atoms with van der Waals surface area (Å²) in [5.74, 6) is -0.111. The predicted octanol–water partition coefficient (Wildman–Crippen LogP) is -0.311. The minimum atomic E-state index is -0.838. The van der Waals surface area contributed by atoms with Crippen molar-refractivity contribution in [3.8, 4) is 0 Å². The lowest BCUT2D eigenvalue weighted by molar-refractivity contribution is -0.485.